The smallest absolute Gasteiger partial charge is 0.450 e. The van der Waals surface area contributed by atoms with Crippen LogP contribution in [0.2, 0.25) is 5.02 Å². The van der Waals surface area contributed by atoms with Gasteiger partial charge in [0.25, 0.3) is 0 Å². The molecule has 0 saturated carbocycles. The topological polar surface area (TPSA) is 65.7 Å². The molecule has 9 heteroatoms. The molecule has 0 unspecified atom stereocenters. The molecule has 0 amide bonds. The molecule has 174 valence electrons. The van der Waals surface area contributed by atoms with Gasteiger partial charge in [-0.05, 0) is 54.1 Å². The van der Waals surface area contributed by atoms with Gasteiger partial charge < -0.3 is 13.9 Å². The van der Waals surface area contributed by atoms with Crippen LogP contribution in [0.3, 0.4) is 0 Å². The van der Waals surface area contributed by atoms with E-state index in [4.69, 9.17) is 25.5 Å². The molecule has 0 spiro atoms. The van der Waals surface area contributed by atoms with Crippen molar-refractivity contribution >= 4 is 28.4 Å². The number of hydrogen-bond acceptors (Lipinski definition) is 5. The van der Waals surface area contributed by atoms with Gasteiger partial charge in [-0.15, -0.1) is 0 Å². The fourth-order valence-corrected chi connectivity index (χ4v) is 3.48. The van der Waals surface area contributed by atoms with Gasteiger partial charge in [-0.1, -0.05) is 23.7 Å². The number of rotatable bonds is 6. The Kier molecular flexibility index (Phi) is 6.34. The second-order valence-electron chi connectivity index (χ2n) is 7.24. The van der Waals surface area contributed by atoms with Gasteiger partial charge in [0.2, 0.25) is 11.2 Å². The summed E-state index contributed by atoms with van der Waals surface area (Å²) in [5.74, 6) is -1.28. The molecule has 0 bridgehead atoms. The summed E-state index contributed by atoms with van der Waals surface area (Å²) in [5.41, 5.74) is -1.36. The minimum atomic E-state index is -4.93. The molecule has 4 rings (SSSR count). The van der Waals surface area contributed by atoms with Crippen LogP contribution in [-0.4, -0.2) is 19.5 Å². The van der Waals surface area contributed by atoms with Crippen molar-refractivity contribution in [2.45, 2.75) is 6.18 Å². The van der Waals surface area contributed by atoms with Gasteiger partial charge in [-0.2, -0.15) is 13.2 Å². The Morgan fingerprint density at radius 3 is 2.24 bits per heavy atom. The van der Waals surface area contributed by atoms with E-state index in [2.05, 4.69) is 0 Å². The van der Waals surface area contributed by atoms with Gasteiger partial charge in [0.1, 0.15) is 17.1 Å². The number of alkyl halides is 3. The molecule has 0 aliphatic carbocycles. The molecule has 0 N–H and O–H groups in total. The maximum absolute atomic E-state index is 13.8. The number of fused-ring (bicyclic) bond motifs is 1. The highest BCUT2D eigenvalue weighted by atomic mass is 35.5. The third kappa shape index (κ3) is 4.77. The predicted molar refractivity (Wildman–Crippen MR) is 121 cm³/mol. The van der Waals surface area contributed by atoms with E-state index in [1.807, 2.05) is 0 Å². The minimum Gasteiger partial charge on any atom is -0.497 e. The number of benzene rings is 3. The van der Waals surface area contributed by atoms with Gasteiger partial charge in [0.15, 0.2) is 12.4 Å². The zero-order valence-electron chi connectivity index (χ0n) is 17.6. The van der Waals surface area contributed by atoms with E-state index in [0.717, 1.165) is 6.07 Å². The molecular formula is C25H16ClF3O5. The van der Waals surface area contributed by atoms with E-state index < -0.39 is 22.9 Å². The van der Waals surface area contributed by atoms with Gasteiger partial charge in [-0.25, -0.2) is 0 Å². The van der Waals surface area contributed by atoms with Crippen LogP contribution in [0.1, 0.15) is 16.1 Å². The van der Waals surface area contributed by atoms with E-state index in [1.54, 1.807) is 12.1 Å². The lowest BCUT2D eigenvalue weighted by molar-refractivity contribution is -0.152. The second-order valence-corrected chi connectivity index (χ2v) is 7.67. The zero-order chi connectivity index (χ0) is 24.5. The Hall–Kier alpha value is -3.78. The van der Waals surface area contributed by atoms with Crippen molar-refractivity contribution in [1.29, 1.82) is 0 Å². The Balaban J connectivity index is 1.71. The highest BCUT2D eigenvalue weighted by Gasteiger charge is 2.39. The number of Topliss-reactive ketones (excluding diaryl/α,β-unsaturated/α-hetero) is 1. The minimum absolute atomic E-state index is 0.0395. The van der Waals surface area contributed by atoms with Gasteiger partial charge in [-0.3, -0.25) is 9.59 Å². The first-order valence-electron chi connectivity index (χ1n) is 9.91. The number of ether oxygens (including phenoxy) is 2. The van der Waals surface area contributed by atoms with E-state index in [9.17, 15) is 22.8 Å². The normalized spacial score (nSPS) is 11.4. The Labute approximate surface area is 196 Å². The summed E-state index contributed by atoms with van der Waals surface area (Å²) < 4.78 is 57.1. The fraction of sp³-hybridized carbons (Fsp3) is 0.120. The quantitative estimate of drug-likeness (QED) is 0.294. The summed E-state index contributed by atoms with van der Waals surface area (Å²) in [6.07, 6.45) is -4.93. The largest absolute Gasteiger partial charge is 0.497 e. The number of halogens is 4. The predicted octanol–water partition coefficient (Wildman–Crippen LogP) is 6.40. The third-order valence-electron chi connectivity index (χ3n) is 5.04. The molecule has 0 aliphatic heterocycles. The average Bonchev–Trinajstić information content (AvgIpc) is 2.82. The molecule has 0 fully saturated rings. The standard InChI is InChI=1S/C25H16ClF3O5/c1-32-17-8-4-15(5-9-17)22-23(31)19-11-10-18(12-21(19)34-24(22)25(27,28)29)33-13-20(30)14-2-6-16(26)7-3-14/h2-12H,13H2,1H3. The number of ketones is 1. The van der Waals surface area contributed by atoms with Crippen molar-refractivity contribution in [3.05, 3.63) is 93.3 Å². The lowest BCUT2D eigenvalue weighted by Crippen LogP contribution is -2.16. The van der Waals surface area contributed by atoms with Crippen molar-refractivity contribution in [2.75, 3.05) is 13.7 Å². The highest BCUT2D eigenvalue weighted by Crippen LogP contribution is 2.38. The first-order chi connectivity index (χ1) is 16.2. The van der Waals surface area contributed by atoms with Crippen LogP contribution in [0.5, 0.6) is 11.5 Å². The summed E-state index contributed by atoms with van der Waals surface area (Å²) in [6.45, 7) is -0.368. The van der Waals surface area contributed by atoms with Crippen molar-refractivity contribution in [1.82, 2.24) is 0 Å². The molecule has 0 saturated heterocycles. The summed E-state index contributed by atoms with van der Waals surface area (Å²) in [4.78, 5) is 25.3. The van der Waals surface area contributed by atoms with Crippen LogP contribution in [0.25, 0.3) is 22.1 Å². The van der Waals surface area contributed by atoms with Crippen molar-refractivity contribution in [2.24, 2.45) is 0 Å². The van der Waals surface area contributed by atoms with Gasteiger partial charge in [0.05, 0.1) is 18.1 Å². The molecule has 3 aromatic carbocycles. The molecule has 1 aromatic heterocycles. The number of hydrogen-bond donors (Lipinski definition) is 0. The number of carbonyl (C=O) groups is 1. The molecule has 34 heavy (non-hydrogen) atoms. The van der Waals surface area contributed by atoms with Crippen LogP contribution in [-0.2, 0) is 6.18 Å². The molecule has 1 heterocycles. The molecule has 0 radical (unpaired) electrons. The molecule has 4 aromatic rings. The van der Waals surface area contributed by atoms with E-state index in [1.165, 1.54) is 55.6 Å². The highest BCUT2D eigenvalue weighted by molar-refractivity contribution is 6.30. The van der Waals surface area contributed by atoms with E-state index >= 15 is 0 Å². The number of carbonyl (C=O) groups excluding carboxylic acids is 1. The SMILES string of the molecule is COc1ccc(-c2c(C(F)(F)F)oc3cc(OCC(=O)c4ccc(Cl)cc4)ccc3c2=O)cc1. The van der Waals surface area contributed by atoms with Crippen LogP contribution in [0.15, 0.2) is 75.9 Å². The monoisotopic (exact) mass is 488 g/mol. The molecule has 0 aliphatic rings. The fourth-order valence-electron chi connectivity index (χ4n) is 3.35. The lowest BCUT2D eigenvalue weighted by Gasteiger charge is -2.14. The average molecular weight is 489 g/mol. The van der Waals surface area contributed by atoms with Crippen molar-refractivity contribution in [3.8, 4) is 22.6 Å². The van der Waals surface area contributed by atoms with Crippen LogP contribution in [0, 0.1) is 0 Å². The Bertz CT molecular complexity index is 1410. The summed E-state index contributed by atoms with van der Waals surface area (Å²) in [5, 5.41) is 0.409. The maximum atomic E-state index is 13.8. The van der Waals surface area contributed by atoms with E-state index in [-0.39, 0.29) is 34.7 Å². The van der Waals surface area contributed by atoms with Crippen molar-refractivity contribution in [3.63, 3.8) is 0 Å². The Morgan fingerprint density at radius 1 is 0.971 bits per heavy atom. The van der Waals surface area contributed by atoms with Crippen molar-refractivity contribution < 1.29 is 31.9 Å². The van der Waals surface area contributed by atoms with Crippen LogP contribution < -0.4 is 14.9 Å². The summed E-state index contributed by atoms with van der Waals surface area (Å²) in [7, 11) is 1.42. The second kappa shape index (κ2) is 9.23. The van der Waals surface area contributed by atoms with Gasteiger partial charge >= 0.3 is 6.18 Å². The Morgan fingerprint density at radius 2 is 1.62 bits per heavy atom. The molecule has 0 atom stereocenters. The number of methoxy groups -OCH3 is 1. The first-order valence-corrected chi connectivity index (χ1v) is 10.3. The summed E-state index contributed by atoms with van der Waals surface area (Å²) >= 11 is 5.80. The molecular weight excluding hydrogens is 473 g/mol. The third-order valence-corrected chi connectivity index (χ3v) is 5.29. The lowest BCUT2D eigenvalue weighted by atomic mass is 10.0. The van der Waals surface area contributed by atoms with Crippen LogP contribution in [0.4, 0.5) is 13.2 Å². The maximum Gasteiger partial charge on any atom is 0.450 e. The summed E-state index contributed by atoms with van der Waals surface area (Å²) in [6, 6.07) is 15.6. The van der Waals surface area contributed by atoms with Gasteiger partial charge in [0, 0.05) is 16.7 Å². The first kappa shape index (κ1) is 23.4. The van der Waals surface area contributed by atoms with Crippen LogP contribution >= 0.6 is 11.6 Å². The zero-order valence-corrected chi connectivity index (χ0v) is 18.4. The van der Waals surface area contributed by atoms with E-state index in [0.29, 0.717) is 16.3 Å². The molecule has 5 nitrogen and oxygen atoms in total.